The number of hydrogen-bond acceptors (Lipinski definition) is 5. The first-order valence-electron chi connectivity index (χ1n) is 10.8. The van der Waals surface area contributed by atoms with E-state index in [4.69, 9.17) is 4.52 Å². The molecule has 2 aliphatic heterocycles. The highest BCUT2D eigenvalue weighted by molar-refractivity contribution is 5.94. The predicted octanol–water partition coefficient (Wildman–Crippen LogP) is 4.06. The van der Waals surface area contributed by atoms with Crippen molar-refractivity contribution in [2.45, 2.75) is 75.9 Å². The van der Waals surface area contributed by atoms with Crippen LogP contribution in [0.5, 0.6) is 0 Å². The molecule has 3 atom stereocenters. The van der Waals surface area contributed by atoms with Gasteiger partial charge in [0, 0.05) is 24.0 Å². The Morgan fingerprint density at radius 3 is 2.66 bits per heavy atom. The van der Waals surface area contributed by atoms with E-state index in [0.717, 1.165) is 48.3 Å². The Hall–Kier alpha value is -2.41. The largest absolute Gasteiger partial charge is 0.335 e. The van der Waals surface area contributed by atoms with Crippen LogP contribution in [-0.2, 0) is 0 Å². The molecular formula is C22H29N5O2. The molecule has 1 aromatic heterocycles. The van der Waals surface area contributed by atoms with Gasteiger partial charge in [-0.25, -0.2) is 4.79 Å². The summed E-state index contributed by atoms with van der Waals surface area (Å²) in [5.41, 5.74) is 2.49. The number of hydrogen-bond donors (Lipinski definition) is 2. The normalized spacial score (nSPS) is 26.9. The van der Waals surface area contributed by atoms with Gasteiger partial charge in [0.05, 0.1) is 11.3 Å². The minimum atomic E-state index is -0.157. The maximum absolute atomic E-state index is 12.8. The molecule has 0 spiro atoms. The summed E-state index contributed by atoms with van der Waals surface area (Å²) in [5, 5.41) is 10.4. The summed E-state index contributed by atoms with van der Waals surface area (Å²) in [5.74, 6) is 1.68. The van der Waals surface area contributed by atoms with Crippen LogP contribution in [0.3, 0.4) is 0 Å². The number of nitrogens with one attached hydrogen (secondary N) is 2. The summed E-state index contributed by atoms with van der Waals surface area (Å²) in [7, 11) is 2.23. The van der Waals surface area contributed by atoms with Gasteiger partial charge in [0.25, 0.3) is 5.89 Å². The van der Waals surface area contributed by atoms with E-state index in [9.17, 15) is 4.79 Å². The Kier molecular flexibility index (Phi) is 4.78. The number of benzene rings is 1. The van der Waals surface area contributed by atoms with Crippen molar-refractivity contribution in [3.05, 3.63) is 29.6 Å². The van der Waals surface area contributed by atoms with Crippen molar-refractivity contribution in [2.24, 2.45) is 0 Å². The van der Waals surface area contributed by atoms with E-state index < -0.39 is 0 Å². The summed E-state index contributed by atoms with van der Waals surface area (Å²) >= 11 is 0. The zero-order valence-electron chi connectivity index (χ0n) is 17.1. The number of nitrogens with zero attached hydrogens (tertiary/aromatic N) is 3. The first kappa shape index (κ1) is 18.6. The van der Waals surface area contributed by atoms with Crippen LogP contribution in [0.1, 0.15) is 62.3 Å². The highest BCUT2D eigenvalue weighted by Crippen LogP contribution is 2.40. The van der Waals surface area contributed by atoms with Crippen LogP contribution in [0, 0.1) is 6.92 Å². The third-order valence-electron chi connectivity index (χ3n) is 6.80. The third-order valence-corrected chi connectivity index (χ3v) is 6.80. The molecule has 5 rings (SSSR count). The molecule has 3 fully saturated rings. The number of amides is 2. The Morgan fingerprint density at radius 1 is 1.17 bits per heavy atom. The van der Waals surface area contributed by atoms with Crippen molar-refractivity contribution in [3.63, 3.8) is 0 Å². The molecule has 2 amide bonds. The fraction of sp³-hybridized carbons (Fsp3) is 0.591. The summed E-state index contributed by atoms with van der Waals surface area (Å²) < 4.78 is 5.50. The lowest BCUT2D eigenvalue weighted by atomic mass is 9.82. The smallest absolute Gasteiger partial charge is 0.319 e. The molecular weight excluding hydrogens is 366 g/mol. The van der Waals surface area contributed by atoms with Crippen molar-refractivity contribution in [1.29, 1.82) is 0 Å². The van der Waals surface area contributed by atoms with Crippen LogP contribution in [0.15, 0.2) is 22.7 Å². The lowest BCUT2D eigenvalue weighted by Gasteiger charge is -2.47. The van der Waals surface area contributed by atoms with Crippen molar-refractivity contribution in [2.75, 3.05) is 12.4 Å². The van der Waals surface area contributed by atoms with Crippen LogP contribution in [0.25, 0.3) is 11.5 Å². The van der Waals surface area contributed by atoms with E-state index in [1.807, 2.05) is 25.1 Å². The molecule has 3 heterocycles. The number of aryl methyl sites for hydroxylation is 1. The average Bonchev–Trinajstić information content (AvgIpc) is 3.41. The van der Waals surface area contributed by atoms with Gasteiger partial charge >= 0.3 is 6.03 Å². The molecule has 2 saturated heterocycles. The SMILES string of the molecule is Cc1cccc(-c2nc(C3CC3)no2)c1NC(=O)NC1C[C@H]2CCC[C@@H](C1)N2C. The van der Waals surface area contributed by atoms with E-state index in [-0.39, 0.29) is 12.1 Å². The highest BCUT2D eigenvalue weighted by atomic mass is 16.5. The van der Waals surface area contributed by atoms with Crippen LogP contribution >= 0.6 is 0 Å². The third kappa shape index (κ3) is 3.75. The lowest BCUT2D eigenvalue weighted by molar-refractivity contribution is 0.0513. The van der Waals surface area contributed by atoms with Gasteiger partial charge in [-0.05, 0) is 64.1 Å². The zero-order chi connectivity index (χ0) is 20.0. The lowest BCUT2D eigenvalue weighted by Crippen LogP contribution is -2.55. The minimum Gasteiger partial charge on any atom is -0.335 e. The van der Waals surface area contributed by atoms with Crippen molar-refractivity contribution >= 4 is 11.7 Å². The van der Waals surface area contributed by atoms with Crippen molar-refractivity contribution in [3.8, 4) is 11.5 Å². The molecule has 0 radical (unpaired) electrons. The Balaban J connectivity index is 1.30. The van der Waals surface area contributed by atoms with Crippen LogP contribution in [0.2, 0.25) is 0 Å². The number of rotatable bonds is 4. The molecule has 1 saturated carbocycles. The molecule has 2 bridgehead atoms. The summed E-state index contributed by atoms with van der Waals surface area (Å²) in [6.07, 6.45) is 8.06. The van der Waals surface area contributed by atoms with E-state index in [0.29, 0.717) is 23.9 Å². The second-order valence-electron chi connectivity index (χ2n) is 8.90. The second-order valence-corrected chi connectivity index (χ2v) is 8.90. The van der Waals surface area contributed by atoms with E-state index in [1.54, 1.807) is 0 Å². The van der Waals surface area contributed by atoms with Crippen LogP contribution < -0.4 is 10.6 Å². The first-order chi connectivity index (χ1) is 14.1. The molecule has 7 heteroatoms. The Bertz CT molecular complexity index is 892. The van der Waals surface area contributed by atoms with Gasteiger partial charge in [0.15, 0.2) is 5.82 Å². The first-order valence-corrected chi connectivity index (χ1v) is 10.8. The fourth-order valence-electron chi connectivity index (χ4n) is 4.93. The van der Waals surface area contributed by atoms with Gasteiger partial charge < -0.3 is 20.1 Å². The molecule has 3 aliphatic rings. The van der Waals surface area contributed by atoms with Crippen LogP contribution in [0.4, 0.5) is 10.5 Å². The standard InChI is InChI=1S/C22H29N5O2/c1-13-5-3-8-18(21-25-20(26-29-21)14-9-10-14)19(13)24-22(28)23-15-11-16-6-4-7-17(12-15)27(16)2/h3,5,8,14-17H,4,6-7,9-12H2,1-2H3,(H2,23,24,28)/t15?,16-,17+. The summed E-state index contributed by atoms with van der Waals surface area (Å²) in [6, 6.07) is 7.09. The molecule has 1 unspecified atom stereocenters. The van der Waals surface area contributed by atoms with E-state index in [2.05, 4.69) is 32.7 Å². The number of fused-ring (bicyclic) bond motifs is 2. The molecule has 2 N–H and O–H groups in total. The molecule has 7 nitrogen and oxygen atoms in total. The van der Waals surface area contributed by atoms with Gasteiger partial charge in [-0.15, -0.1) is 0 Å². The molecule has 2 aromatic rings. The number of anilines is 1. The number of carbonyl (C=O) groups is 1. The zero-order valence-corrected chi connectivity index (χ0v) is 17.1. The Morgan fingerprint density at radius 2 is 1.93 bits per heavy atom. The van der Waals surface area contributed by atoms with Crippen LogP contribution in [-0.4, -0.2) is 46.2 Å². The molecule has 1 aliphatic carbocycles. The number of para-hydroxylation sites is 1. The molecule has 154 valence electrons. The number of piperidine rings is 2. The number of carbonyl (C=O) groups excluding carboxylic acids is 1. The van der Waals surface area contributed by atoms with Gasteiger partial charge in [0.1, 0.15) is 0 Å². The topological polar surface area (TPSA) is 83.3 Å². The second kappa shape index (κ2) is 7.44. The van der Waals surface area contributed by atoms with Crippen molar-refractivity contribution in [1.82, 2.24) is 20.4 Å². The highest BCUT2D eigenvalue weighted by Gasteiger charge is 2.36. The fourth-order valence-corrected chi connectivity index (χ4v) is 4.93. The van der Waals surface area contributed by atoms with E-state index in [1.165, 1.54) is 19.3 Å². The predicted molar refractivity (Wildman–Crippen MR) is 111 cm³/mol. The number of aromatic nitrogens is 2. The van der Waals surface area contributed by atoms with Gasteiger partial charge in [-0.2, -0.15) is 4.98 Å². The Labute approximate surface area is 171 Å². The van der Waals surface area contributed by atoms with Gasteiger partial charge in [-0.1, -0.05) is 23.7 Å². The maximum Gasteiger partial charge on any atom is 0.319 e. The molecule has 29 heavy (non-hydrogen) atoms. The maximum atomic E-state index is 12.8. The summed E-state index contributed by atoms with van der Waals surface area (Å²) in [4.78, 5) is 19.9. The summed E-state index contributed by atoms with van der Waals surface area (Å²) in [6.45, 7) is 1.98. The number of urea groups is 1. The quantitative estimate of drug-likeness (QED) is 0.816. The van der Waals surface area contributed by atoms with Gasteiger partial charge in [0.2, 0.25) is 0 Å². The monoisotopic (exact) mass is 395 g/mol. The minimum absolute atomic E-state index is 0.157. The molecule has 1 aromatic carbocycles. The van der Waals surface area contributed by atoms with E-state index >= 15 is 0 Å². The average molecular weight is 396 g/mol. The van der Waals surface area contributed by atoms with Crippen molar-refractivity contribution < 1.29 is 9.32 Å². The van der Waals surface area contributed by atoms with Gasteiger partial charge in [-0.3, -0.25) is 0 Å².